The van der Waals surface area contributed by atoms with Gasteiger partial charge >= 0.3 is 5.97 Å². The average molecular weight is 295 g/mol. The van der Waals surface area contributed by atoms with E-state index in [1.54, 1.807) is 0 Å². The Hall–Kier alpha value is -0.610. The van der Waals surface area contributed by atoms with Crippen molar-refractivity contribution in [3.05, 3.63) is 0 Å². The Balaban J connectivity index is 1.54. The molecule has 4 nitrogen and oxygen atoms in total. The maximum absolute atomic E-state index is 11.6. The number of nitrogens with zero attached hydrogens (tertiary/aromatic N) is 1. The van der Waals surface area contributed by atoms with Gasteiger partial charge in [0.1, 0.15) is 0 Å². The summed E-state index contributed by atoms with van der Waals surface area (Å²) in [4.78, 5) is 14.0. The van der Waals surface area contributed by atoms with E-state index in [1.165, 1.54) is 32.1 Å². The van der Waals surface area contributed by atoms with Crippen LogP contribution in [0, 0.1) is 5.41 Å². The van der Waals surface area contributed by atoms with E-state index < -0.39 is 11.4 Å². The van der Waals surface area contributed by atoms with Crippen molar-refractivity contribution in [1.29, 1.82) is 0 Å². The molecule has 3 fully saturated rings. The van der Waals surface area contributed by atoms with E-state index >= 15 is 0 Å². The summed E-state index contributed by atoms with van der Waals surface area (Å²) in [6.07, 6.45) is 10.3. The Kier molecular flexibility index (Phi) is 4.28. The number of carboxylic acid groups (broad SMARTS) is 1. The van der Waals surface area contributed by atoms with Crippen molar-refractivity contribution >= 4 is 5.97 Å². The van der Waals surface area contributed by atoms with Gasteiger partial charge in [-0.3, -0.25) is 9.69 Å². The zero-order valence-corrected chi connectivity index (χ0v) is 13.3. The molecule has 2 unspecified atom stereocenters. The minimum Gasteiger partial charge on any atom is -0.481 e. The molecule has 0 bridgehead atoms. The van der Waals surface area contributed by atoms with Gasteiger partial charge in [0, 0.05) is 13.1 Å². The van der Waals surface area contributed by atoms with Crippen molar-refractivity contribution in [1.82, 2.24) is 4.90 Å². The maximum Gasteiger partial charge on any atom is 0.310 e. The van der Waals surface area contributed by atoms with Gasteiger partial charge in [0.05, 0.1) is 17.1 Å². The quantitative estimate of drug-likeness (QED) is 0.847. The molecule has 2 aliphatic heterocycles. The number of aliphatic carboxylic acids is 1. The Labute approximate surface area is 127 Å². The van der Waals surface area contributed by atoms with Crippen molar-refractivity contribution in [2.75, 3.05) is 19.6 Å². The topological polar surface area (TPSA) is 49.8 Å². The van der Waals surface area contributed by atoms with E-state index in [1.807, 2.05) is 0 Å². The Morgan fingerprint density at radius 2 is 2.05 bits per heavy atom. The van der Waals surface area contributed by atoms with Crippen LogP contribution in [0.5, 0.6) is 0 Å². The fourth-order valence-corrected chi connectivity index (χ4v) is 4.78. The lowest BCUT2D eigenvalue weighted by atomic mass is 9.83. The molecule has 3 aliphatic rings. The normalized spacial score (nSPS) is 35.8. The third-order valence-corrected chi connectivity index (χ3v) is 5.93. The highest BCUT2D eigenvalue weighted by atomic mass is 16.5. The van der Waals surface area contributed by atoms with Gasteiger partial charge in [0.25, 0.3) is 0 Å². The number of carboxylic acids is 1. The van der Waals surface area contributed by atoms with Gasteiger partial charge in [-0.15, -0.1) is 0 Å². The van der Waals surface area contributed by atoms with E-state index in [9.17, 15) is 9.90 Å². The van der Waals surface area contributed by atoms with E-state index in [4.69, 9.17) is 4.74 Å². The summed E-state index contributed by atoms with van der Waals surface area (Å²) in [6, 6.07) is 0. The van der Waals surface area contributed by atoms with Gasteiger partial charge in [-0.1, -0.05) is 26.2 Å². The lowest BCUT2D eigenvalue weighted by molar-refractivity contribution is -0.148. The molecular formula is C17H29NO3. The summed E-state index contributed by atoms with van der Waals surface area (Å²) in [6.45, 7) is 4.64. The second-order valence-corrected chi connectivity index (χ2v) is 7.49. The first kappa shape index (κ1) is 15.3. The van der Waals surface area contributed by atoms with E-state index in [0.717, 1.165) is 38.8 Å². The summed E-state index contributed by atoms with van der Waals surface area (Å²) in [5.41, 5.74) is -0.309. The van der Waals surface area contributed by atoms with Crippen LogP contribution in [-0.2, 0) is 9.53 Å². The first-order valence-corrected chi connectivity index (χ1v) is 8.71. The Morgan fingerprint density at radius 3 is 2.71 bits per heavy atom. The molecule has 3 rings (SSSR count). The van der Waals surface area contributed by atoms with Crippen molar-refractivity contribution in [2.45, 2.75) is 76.4 Å². The van der Waals surface area contributed by atoms with E-state index in [2.05, 4.69) is 11.8 Å². The predicted molar refractivity (Wildman–Crippen MR) is 81.3 cm³/mol. The molecule has 0 amide bonds. The van der Waals surface area contributed by atoms with Crippen LogP contribution < -0.4 is 0 Å². The fourth-order valence-electron chi connectivity index (χ4n) is 4.78. The second-order valence-electron chi connectivity index (χ2n) is 7.49. The first-order chi connectivity index (χ1) is 10.1. The monoisotopic (exact) mass is 295 g/mol. The van der Waals surface area contributed by atoms with Crippen LogP contribution in [-0.4, -0.2) is 47.3 Å². The smallest absolute Gasteiger partial charge is 0.310 e. The standard InChI is InChI=1S/C17H29NO3/c1-2-6-16(15(19)20)10-11-18(13-16)12-14-5-9-17(21-14)7-3-4-8-17/h14H,2-13H2,1H3,(H,19,20). The zero-order chi connectivity index (χ0) is 14.9. The van der Waals surface area contributed by atoms with Crippen molar-refractivity contribution in [3.8, 4) is 0 Å². The number of rotatable bonds is 5. The SMILES string of the molecule is CCCC1(C(=O)O)CCN(CC2CCC3(CCCC3)O2)C1. The first-order valence-electron chi connectivity index (χ1n) is 8.71. The Bertz CT molecular complexity index is 391. The van der Waals surface area contributed by atoms with Crippen molar-refractivity contribution < 1.29 is 14.6 Å². The van der Waals surface area contributed by atoms with Crippen LogP contribution in [0.4, 0.5) is 0 Å². The number of ether oxygens (including phenoxy) is 1. The maximum atomic E-state index is 11.6. The summed E-state index contributed by atoms with van der Waals surface area (Å²) in [7, 11) is 0. The highest BCUT2D eigenvalue weighted by Gasteiger charge is 2.46. The van der Waals surface area contributed by atoms with Gasteiger partial charge in [0.15, 0.2) is 0 Å². The van der Waals surface area contributed by atoms with Crippen molar-refractivity contribution in [3.63, 3.8) is 0 Å². The minimum absolute atomic E-state index is 0.192. The van der Waals surface area contributed by atoms with Crippen molar-refractivity contribution in [2.24, 2.45) is 5.41 Å². The van der Waals surface area contributed by atoms with Gasteiger partial charge in [-0.2, -0.15) is 0 Å². The van der Waals surface area contributed by atoms with Gasteiger partial charge in [0.2, 0.25) is 0 Å². The third kappa shape index (κ3) is 2.98. The van der Waals surface area contributed by atoms with E-state index in [0.29, 0.717) is 12.6 Å². The molecule has 0 aromatic carbocycles. The average Bonchev–Trinajstić information content (AvgIpc) is 3.15. The van der Waals surface area contributed by atoms with Crippen LogP contribution >= 0.6 is 0 Å². The van der Waals surface area contributed by atoms with Crippen LogP contribution in [0.3, 0.4) is 0 Å². The summed E-state index contributed by atoms with van der Waals surface area (Å²) >= 11 is 0. The molecule has 2 atom stereocenters. The molecule has 2 saturated heterocycles. The molecule has 1 N–H and O–H groups in total. The molecule has 4 heteroatoms. The number of hydrogen-bond acceptors (Lipinski definition) is 3. The molecule has 21 heavy (non-hydrogen) atoms. The molecule has 2 heterocycles. The summed E-state index contributed by atoms with van der Waals surface area (Å²) < 4.78 is 6.37. The molecule has 120 valence electrons. The molecule has 0 radical (unpaired) electrons. The zero-order valence-electron chi connectivity index (χ0n) is 13.3. The number of likely N-dealkylation sites (tertiary alicyclic amines) is 1. The minimum atomic E-state index is -0.605. The van der Waals surface area contributed by atoms with Gasteiger partial charge < -0.3 is 9.84 Å². The molecule has 0 aromatic heterocycles. The lowest BCUT2D eigenvalue weighted by Gasteiger charge is -2.27. The number of hydrogen-bond donors (Lipinski definition) is 1. The van der Waals surface area contributed by atoms with Crippen LogP contribution in [0.1, 0.15) is 64.7 Å². The highest BCUT2D eigenvalue weighted by Crippen LogP contribution is 2.44. The van der Waals surface area contributed by atoms with Crippen LogP contribution in [0.15, 0.2) is 0 Å². The van der Waals surface area contributed by atoms with Crippen LogP contribution in [0.25, 0.3) is 0 Å². The predicted octanol–water partition coefficient (Wildman–Crippen LogP) is 3.06. The number of carbonyl (C=O) groups is 1. The molecule has 0 aromatic rings. The molecule has 1 spiro atoms. The molecular weight excluding hydrogens is 266 g/mol. The summed E-state index contributed by atoms with van der Waals surface area (Å²) in [5.74, 6) is -0.605. The second kappa shape index (κ2) is 5.88. The van der Waals surface area contributed by atoms with E-state index in [-0.39, 0.29) is 5.60 Å². The summed E-state index contributed by atoms with van der Waals surface area (Å²) in [5, 5.41) is 9.58. The molecule has 1 saturated carbocycles. The Morgan fingerprint density at radius 1 is 1.29 bits per heavy atom. The third-order valence-electron chi connectivity index (χ3n) is 5.93. The fraction of sp³-hybridized carbons (Fsp3) is 0.941. The van der Waals surface area contributed by atoms with Gasteiger partial charge in [-0.05, 0) is 45.1 Å². The van der Waals surface area contributed by atoms with Crippen LogP contribution in [0.2, 0.25) is 0 Å². The largest absolute Gasteiger partial charge is 0.481 e. The lowest BCUT2D eigenvalue weighted by Crippen LogP contribution is -2.38. The molecule has 1 aliphatic carbocycles. The highest BCUT2D eigenvalue weighted by molar-refractivity contribution is 5.75. The van der Waals surface area contributed by atoms with Gasteiger partial charge in [-0.25, -0.2) is 0 Å².